The Morgan fingerprint density at radius 1 is 1.30 bits per heavy atom. The average molecular weight is 393 g/mol. The molecule has 0 N–H and O–H groups in total. The normalized spacial score (nSPS) is 18.4. The van der Waals surface area contributed by atoms with Gasteiger partial charge in [-0.3, -0.25) is 4.68 Å². The molecule has 2 aromatic rings. The highest BCUT2D eigenvalue weighted by atomic mass is 35.5. The van der Waals surface area contributed by atoms with Gasteiger partial charge < -0.3 is 9.80 Å². The number of hydrogen-bond donors (Lipinski definition) is 0. The van der Waals surface area contributed by atoms with E-state index in [1.165, 1.54) is 18.4 Å². The Morgan fingerprint density at radius 2 is 2.04 bits per heavy atom. The van der Waals surface area contributed by atoms with Crippen LogP contribution in [0.1, 0.15) is 29.7 Å². The molecule has 1 aromatic heterocycles. The van der Waals surface area contributed by atoms with E-state index in [9.17, 15) is 4.39 Å². The number of likely N-dealkylation sites (tertiary alicyclic amines) is 1. The Balaban J connectivity index is 1.48. The van der Waals surface area contributed by atoms with Gasteiger partial charge in [-0.25, -0.2) is 4.39 Å². The number of rotatable bonds is 7. The zero-order valence-electron chi connectivity index (χ0n) is 16.6. The van der Waals surface area contributed by atoms with Crippen molar-refractivity contribution in [1.29, 1.82) is 0 Å². The Morgan fingerprint density at radius 3 is 2.70 bits per heavy atom. The fourth-order valence-corrected chi connectivity index (χ4v) is 4.30. The first kappa shape index (κ1) is 20.3. The number of piperidine rings is 1. The molecular formula is C21H30ClFN4. The third-order valence-electron chi connectivity index (χ3n) is 5.50. The lowest BCUT2D eigenvalue weighted by atomic mass is 9.97. The predicted molar refractivity (Wildman–Crippen MR) is 109 cm³/mol. The monoisotopic (exact) mass is 392 g/mol. The molecule has 0 bridgehead atoms. The molecule has 148 valence electrons. The van der Waals surface area contributed by atoms with Crippen LogP contribution in [-0.2, 0) is 20.0 Å². The van der Waals surface area contributed by atoms with Crippen molar-refractivity contribution in [3.05, 3.63) is 52.1 Å². The minimum absolute atomic E-state index is 0.163. The quantitative estimate of drug-likeness (QED) is 0.714. The zero-order chi connectivity index (χ0) is 19.4. The number of halogens is 2. The molecule has 0 aliphatic carbocycles. The molecule has 1 atom stereocenters. The highest BCUT2D eigenvalue weighted by Crippen LogP contribution is 2.22. The summed E-state index contributed by atoms with van der Waals surface area (Å²) in [5.41, 5.74) is 3.35. The molecule has 0 saturated carbocycles. The van der Waals surface area contributed by atoms with Crippen LogP contribution in [0.25, 0.3) is 0 Å². The standard InChI is InChI=1S/C21H30ClFN4/c1-16-20(21(22)26(3)24-16)15-25(2)13-18-5-4-11-27(14-18)12-10-17-6-8-19(23)9-7-17/h6-9,18H,4-5,10-15H2,1-3H3/t18-/m0/s1. The molecule has 27 heavy (non-hydrogen) atoms. The molecule has 6 heteroatoms. The van der Waals surface area contributed by atoms with E-state index < -0.39 is 0 Å². The number of aromatic nitrogens is 2. The van der Waals surface area contributed by atoms with E-state index in [0.29, 0.717) is 5.92 Å². The summed E-state index contributed by atoms with van der Waals surface area (Å²) in [5, 5.41) is 5.15. The fourth-order valence-electron chi connectivity index (χ4n) is 4.07. The fraction of sp³-hybridized carbons (Fsp3) is 0.571. The Hall–Kier alpha value is -1.43. The first-order chi connectivity index (χ1) is 12.9. The van der Waals surface area contributed by atoms with E-state index in [1.807, 2.05) is 26.1 Å². The summed E-state index contributed by atoms with van der Waals surface area (Å²) >= 11 is 6.38. The lowest BCUT2D eigenvalue weighted by Gasteiger charge is -2.34. The van der Waals surface area contributed by atoms with Crippen molar-refractivity contribution in [2.75, 3.05) is 33.2 Å². The molecule has 1 aromatic carbocycles. The van der Waals surface area contributed by atoms with Crippen LogP contribution in [0, 0.1) is 18.7 Å². The molecule has 0 radical (unpaired) electrons. The zero-order valence-corrected chi connectivity index (χ0v) is 17.3. The summed E-state index contributed by atoms with van der Waals surface area (Å²) in [4.78, 5) is 4.91. The first-order valence-corrected chi connectivity index (χ1v) is 10.1. The van der Waals surface area contributed by atoms with Crippen LogP contribution in [0.5, 0.6) is 0 Å². The second-order valence-corrected chi connectivity index (χ2v) is 8.22. The maximum absolute atomic E-state index is 13.0. The minimum atomic E-state index is -0.163. The van der Waals surface area contributed by atoms with E-state index in [1.54, 1.807) is 16.8 Å². The maximum atomic E-state index is 13.0. The molecule has 1 saturated heterocycles. The van der Waals surface area contributed by atoms with Crippen LogP contribution in [0.15, 0.2) is 24.3 Å². The van der Waals surface area contributed by atoms with Crippen LogP contribution in [0.2, 0.25) is 5.15 Å². The van der Waals surface area contributed by atoms with Crippen molar-refractivity contribution in [2.45, 2.75) is 32.7 Å². The van der Waals surface area contributed by atoms with Crippen LogP contribution in [-0.4, -0.2) is 52.8 Å². The van der Waals surface area contributed by atoms with E-state index in [-0.39, 0.29) is 5.82 Å². The topological polar surface area (TPSA) is 24.3 Å². The van der Waals surface area contributed by atoms with Gasteiger partial charge in [0, 0.05) is 38.8 Å². The van der Waals surface area contributed by atoms with Crippen molar-refractivity contribution < 1.29 is 4.39 Å². The number of hydrogen-bond acceptors (Lipinski definition) is 3. The predicted octanol–water partition coefficient (Wildman–Crippen LogP) is 3.91. The summed E-state index contributed by atoms with van der Waals surface area (Å²) in [6.45, 7) is 7.26. The third-order valence-corrected chi connectivity index (χ3v) is 5.97. The molecule has 4 nitrogen and oxygen atoms in total. The smallest absolute Gasteiger partial charge is 0.131 e. The molecule has 1 aliphatic heterocycles. The van der Waals surface area contributed by atoms with Crippen molar-refractivity contribution in [1.82, 2.24) is 19.6 Å². The van der Waals surface area contributed by atoms with Gasteiger partial charge in [-0.05, 0) is 63.4 Å². The summed E-state index contributed by atoms with van der Waals surface area (Å²) in [5.74, 6) is 0.511. The highest BCUT2D eigenvalue weighted by Gasteiger charge is 2.22. The molecule has 0 unspecified atom stereocenters. The second kappa shape index (κ2) is 9.18. The van der Waals surface area contributed by atoms with Crippen molar-refractivity contribution in [3.8, 4) is 0 Å². The summed E-state index contributed by atoms with van der Waals surface area (Å²) in [6.07, 6.45) is 3.50. The van der Waals surface area contributed by atoms with Gasteiger partial charge in [0.2, 0.25) is 0 Å². The molecule has 1 aliphatic rings. The van der Waals surface area contributed by atoms with E-state index >= 15 is 0 Å². The van der Waals surface area contributed by atoms with Gasteiger partial charge in [0.05, 0.1) is 5.69 Å². The largest absolute Gasteiger partial charge is 0.303 e. The molecule has 2 heterocycles. The molecule has 1 fully saturated rings. The Labute approximate surface area is 166 Å². The van der Waals surface area contributed by atoms with Crippen LogP contribution < -0.4 is 0 Å². The van der Waals surface area contributed by atoms with Gasteiger partial charge in [-0.2, -0.15) is 5.10 Å². The van der Waals surface area contributed by atoms with Crippen molar-refractivity contribution in [2.24, 2.45) is 13.0 Å². The number of benzene rings is 1. The summed E-state index contributed by atoms with van der Waals surface area (Å²) in [7, 11) is 4.05. The van der Waals surface area contributed by atoms with E-state index in [0.717, 1.165) is 55.6 Å². The van der Waals surface area contributed by atoms with Gasteiger partial charge in [0.15, 0.2) is 0 Å². The van der Waals surface area contributed by atoms with Gasteiger partial charge in [0.25, 0.3) is 0 Å². The maximum Gasteiger partial charge on any atom is 0.131 e. The average Bonchev–Trinajstić information content (AvgIpc) is 2.88. The first-order valence-electron chi connectivity index (χ1n) is 9.75. The molecule has 0 spiro atoms. The van der Waals surface area contributed by atoms with E-state index in [2.05, 4.69) is 21.9 Å². The lowest BCUT2D eigenvalue weighted by molar-refractivity contribution is 0.142. The lowest BCUT2D eigenvalue weighted by Crippen LogP contribution is -2.40. The Kier molecular flexibility index (Phi) is 6.90. The number of aryl methyl sites for hydroxylation is 2. The Bertz CT molecular complexity index is 743. The van der Waals surface area contributed by atoms with Crippen LogP contribution in [0.3, 0.4) is 0 Å². The van der Waals surface area contributed by atoms with E-state index in [4.69, 9.17) is 11.6 Å². The summed E-state index contributed by atoms with van der Waals surface area (Å²) < 4.78 is 14.8. The van der Waals surface area contributed by atoms with Crippen LogP contribution in [0.4, 0.5) is 4.39 Å². The molecule has 3 rings (SSSR count). The molecule has 0 amide bonds. The third kappa shape index (κ3) is 5.53. The van der Waals surface area contributed by atoms with Crippen molar-refractivity contribution >= 4 is 11.6 Å². The van der Waals surface area contributed by atoms with Gasteiger partial charge >= 0.3 is 0 Å². The van der Waals surface area contributed by atoms with Crippen molar-refractivity contribution in [3.63, 3.8) is 0 Å². The van der Waals surface area contributed by atoms with Crippen LogP contribution >= 0.6 is 11.6 Å². The second-order valence-electron chi connectivity index (χ2n) is 7.86. The molecular weight excluding hydrogens is 363 g/mol. The summed E-state index contributed by atoms with van der Waals surface area (Å²) in [6, 6.07) is 6.89. The van der Waals surface area contributed by atoms with Gasteiger partial charge in [-0.15, -0.1) is 0 Å². The van der Waals surface area contributed by atoms with Gasteiger partial charge in [0.1, 0.15) is 11.0 Å². The highest BCUT2D eigenvalue weighted by molar-refractivity contribution is 6.30. The number of nitrogens with zero attached hydrogens (tertiary/aromatic N) is 4. The minimum Gasteiger partial charge on any atom is -0.303 e. The SMILES string of the molecule is Cc1nn(C)c(Cl)c1CN(C)C[C@@H]1CCCN(CCc2ccc(F)cc2)C1. The van der Waals surface area contributed by atoms with Gasteiger partial charge in [-0.1, -0.05) is 23.7 Å².